The van der Waals surface area contributed by atoms with E-state index in [4.69, 9.17) is 23.2 Å². The zero-order valence-corrected chi connectivity index (χ0v) is 34.8. The highest BCUT2D eigenvalue weighted by molar-refractivity contribution is 6.36. The van der Waals surface area contributed by atoms with Crippen molar-refractivity contribution in [2.24, 2.45) is 0 Å². The first-order valence-electron chi connectivity index (χ1n) is 22.1. The van der Waals surface area contributed by atoms with Crippen molar-refractivity contribution in [2.45, 2.75) is 12.0 Å². The molecule has 0 radical (unpaired) electrons. The summed E-state index contributed by atoms with van der Waals surface area (Å²) in [7, 11) is 0. The van der Waals surface area contributed by atoms with Crippen molar-refractivity contribution in [3.63, 3.8) is 0 Å². The number of nitrogens with zero attached hydrogens (tertiary/aromatic N) is 7. The minimum atomic E-state index is 0.0894. The molecule has 2 unspecified atom stereocenters. The number of furan rings is 3. The molecule has 9 aromatic heterocycles. The third-order valence-electron chi connectivity index (χ3n) is 14.1. The minimum absolute atomic E-state index is 0.0894. The molecule has 16 rings (SSSR count). The summed E-state index contributed by atoms with van der Waals surface area (Å²) in [5.41, 5.74) is 14.8. The lowest BCUT2D eigenvalue weighted by Gasteiger charge is -2.28. The number of para-hydroxylation sites is 1. The van der Waals surface area contributed by atoms with Gasteiger partial charge in [-0.1, -0.05) is 42.5 Å². The van der Waals surface area contributed by atoms with Gasteiger partial charge in [-0.25, -0.2) is 0 Å². The zero-order valence-electron chi connectivity index (χ0n) is 34.8. The molecular weight excluding hydrogens is 819 g/mol. The molecule has 10 nitrogen and oxygen atoms in total. The lowest BCUT2D eigenvalue weighted by atomic mass is 9.94. The van der Waals surface area contributed by atoms with Gasteiger partial charge in [0, 0.05) is 92.5 Å². The summed E-state index contributed by atoms with van der Waals surface area (Å²) in [5, 5.41) is 8.70. The molecule has 1 aliphatic heterocycles. The quantitative estimate of drug-likeness (QED) is 0.173. The summed E-state index contributed by atoms with van der Waals surface area (Å²) in [6.07, 6.45) is 20.0. The van der Waals surface area contributed by atoms with Gasteiger partial charge in [0.05, 0.1) is 61.2 Å². The molecule has 0 saturated heterocycles. The van der Waals surface area contributed by atoms with Crippen molar-refractivity contribution in [3.8, 4) is 11.4 Å². The van der Waals surface area contributed by atoms with Crippen LogP contribution in [0.5, 0.6) is 0 Å². The number of hydrogen-bond donors (Lipinski definition) is 0. The predicted molar refractivity (Wildman–Crippen MR) is 262 cm³/mol. The van der Waals surface area contributed by atoms with E-state index in [9.17, 15) is 0 Å². The topological polar surface area (TPSA) is 104 Å². The van der Waals surface area contributed by atoms with E-state index < -0.39 is 0 Å². The molecule has 2 aliphatic rings. The second-order valence-corrected chi connectivity index (χ2v) is 17.4. The highest BCUT2D eigenvalue weighted by Crippen LogP contribution is 2.51. The van der Waals surface area contributed by atoms with E-state index in [2.05, 4.69) is 151 Å². The van der Waals surface area contributed by atoms with Crippen LogP contribution in [-0.4, -0.2) is 35.1 Å². The van der Waals surface area contributed by atoms with Crippen LogP contribution in [-0.2, 0) is 0 Å². The molecule has 10 heteroatoms. The average Bonchev–Trinajstić information content (AvgIpc) is 4.22. The molecule has 10 heterocycles. The summed E-state index contributed by atoms with van der Waals surface area (Å²) < 4.78 is 25.8. The van der Waals surface area contributed by atoms with Gasteiger partial charge in [0.2, 0.25) is 0 Å². The first kappa shape index (κ1) is 34.5. The number of aromatic nitrogens is 6. The summed E-state index contributed by atoms with van der Waals surface area (Å²) in [6.45, 7) is 0. The second kappa shape index (κ2) is 12.4. The smallest absolute Gasteiger partial charge is 0.150 e. The van der Waals surface area contributed by atoms with Gasteiger partial charge < -0.3 is 27.3 Å². The highest BCUT2D eigenvalue weighted by atomic mass is 16.4. The highest BCUT2D eigenvalue weighted by Gasteiger charge is 2.39. The molecule has 0 amide bonds. The monoisotopic (exact) mass is 849 g/mol. The fraction of sp³-hybridized carbons (Fsp3) is 0.0357. The molecule has 0 N–H and O–H groups in total. The number of allylic oxidation sites excluding steroid dienone is 2. The van der Waals surface area contributed by atoms with Crippen molar-refractivity contribution < 1.29 is 13.3 Å². The standard InChI is InChI=1S/C56H31N7O3/c1-3-9-40-33(7-1)52-44(11-5-21-59-52)62(40)31-14-17-47-36(26-31)51-55(65-47)49-35-25-30(61-42-19-23-57-28-38(42)39-29-58-24-20-43(39)61)13-16-46(35)64-54(49)50-37-27-32(15-18-48(37)66-56(50)51)63-41-10-4-2-8-34(41)53-45(63)12-6-22-60-53/h1-29,34,41H. The summed E-state index contributed by atoms with van der Waals surface area (Å²) in [5.74, 6) is 0.151. The predicted octanol–water partition coefficient (Wildman–Crippen LogP) is 13.9. The maximum Gasteiger partial charge on any atom is 0.150 e. The molecule has 0 saturated carbocycles. The van der Waals surface area contributed by atoms with Gasteiger partial charge in [-0.15, -0.1) is 0 Å². The van der Waals surface area contributed by atoms with E-state index in [-0.39, 0.29) is 12.0 Å². The van der Waals surface area contributed by atoms with E-state index in [1.807, 2.05) is 49.3 Å². The van der Waals surface area contributed by atoms with Gasteiger partial charge in [-0.3, -0.25) is 19.9 Å². The van der Waals surface area contributed by atoms with E-state index in [1.165, 1.54) is 0 Å². The number of anilines is 2. The van der Waals surface area contributed by atoms with Crippen molar-refractivity contribution in [1.29, 1.82) is 0 Å². The SMILES string of the molecule is C1=CC2c3ncccc3N(c3ccc4oc5c(c4c3)c3oc4ccc(-n6c7ccncc7c7cnccc76)cc4c3c3oc4ccc(-n6c7ccccc7c7ncccc76)cc4c53)C2C=C1. The van der Waals surface area contributed by atoms with Crippen LogP contribution in [0.3, 0.4) is 0 Å². The Bertz CT molecular complexity index is 4260. The molecule has 66 heavy (non-hydrogen) atoms. The Balaban J connectivity index is 1.02. The summed E-state index contributed by atoms with van der Waals surface area (Å²) >= 11 is 0. The number of hydrogen-bond acceptors (Lipinski definition) is 8. The first-order chi connectivity index (χ1) is 32.7. The number of pyridine rings is 4. The van der Waals surface area contributed by atoms with Crippen LogP contribution < -0.4 is 4.90 Å². The Kier molecular flexibility index (Phi) is 6.46. The third-order valence-corrected chi connectivity index (χ3v) is 14.1. The molecular formula is C56H31N7O3. The maximum atomic E-state index is 7.07. The molecule has 0 fully saturated rings. The van der Waals surface area contributed by atoms with Crippen LogP contribution in [0.2, 0.25) is 0 Å². The first-order valence-corrected chi connectivity index (χ1v) is 22.1. The Hall–Kier alpha value is -9.02. The Morgan fingerprint density at radius 3 is 1.67 bits per heavy atom. The Labute approximate surface area is 372 Å². The van der Waals surface area contributed by atoms with Crippen LogP contribution in [0, 0.1) is 0 Å². The molecule has 5 aromatic carbocycles. The van der Waals surface area contributed by atoms with Gasteiger partial charge in [0.15, 0.2) is 16.7 Å². The van der Waals surface area contributed by atoms with Crippen molar-refractivity contribution >= 4 is 121 Å². The van der Waals surface area contributed by atoms with Gasteiger partial charge in [0.1, 0.15) is 16.7 Å². The van der Waals surface area contributed by atoms with Crippen molar-refractivity contribution in [2.75, 3.05) is 4.90 Å². The number of rotatable bonds is 3. The fourth-order valence-electron chi connectivity index (χ4n) is 11.4. The van der Waals surface area contributed by atoms with Crippen molar-refractivity contribution in [3.05, 3.63) is 182 Å². The molecule has 0 spiro atoms. The van der Waals surface area contributed by atoms with Gasteiger partial charge in [-0.05, 0) is 97.1 Å². The minimum Gasteiger partial charge on any atom is -0.455 e. The van der Waals surface area contributed by atoms with Gasteiger partial charge >= 0.3 is 0 Å². The normalized spacial score (nSPS) is 16.0. The summed E-state index contributed by atoms with van der Waals surface area (Å²) in [4.78, 5) is 21.1. The Morgan fingerprint density at radius 1 is 0.439 bits per heavy atom. The van der Waals surface area contributed by atoms with Gasteiger partial charge in [-0.2, -0.15) is 0 Å². The van der Waals surface area contributed by atoms with Crippen LogP contribution >= 0.6 is 0 Å². The van der Waals surface area contributed by atoms with Crippen LogP contribution in [0.15, 0.2) is 190 Å². The van der Waals surface area contributed by atoms with Crippen LogP contribution in [0.1, 0.15) is 11.6 Å². The van der Waals surface area contributed by atoms with Gasteiger partial charge in [0.25, 0.3) is 0 Å². The van der Waals surface area contributed by atoms with E-state index in [0.29, 0.717) is 16.7 Å². The lowest BCUT2D eigenvalue weighted by Crippen LogP contribution is -2.28. The molecule has 308 valence electrons. The molecule has 1 aliphatic carbocycles. The van der Waals surface area contributed by atoms with E-state index in [1.54, 1.807) is 0 Å². The number of benzene rings is 5. The zero-order chi connectivity index (χ0) is 42.8. The number of fused-ring (bicyclic) bond motifs is 21. The largest absolute Gasteiger partial charge is 0.455 e. The lowest BCUT2D eigenvalue weighted by molar-refractivity contribution is 0.658. The van der Waals surface area contributed by atoms with Crippen LogP contribution in [0.4, 0.5) is 11.4 Å². The molecule has 14 aromatic rings. The average molecular weight is 850 g/mol. The summed E-state index contributed by atoms with van der Waals surface area (Å²) in [6, 6.07) is 40.4. The third kappa shape index (κ3) is 4.35. The van der Waals surface area contributed by atoms with Crippen LogP contribution in [0.25, 0.3) is 121 Å². The Morgan fingerprint density at radius 2 is 0.985 bits per heavy atom. The second-order valence-electron chi connectivity index (χ2n) is 17.4. The van der Waals surface area contributed by atoms with E-state index >= 15 is 0 Å². The molecule has 2 atom stereocenters. The van der Waals surface area contributed by atoms with E-state index in [0.717, 1.165) is 121 Å². The maximum absolute atomic E-state index is 7.07. The fourth-order valence-corrected chi connectivity index (χ4v) is 11.4. The molecule has 0 bridgehead atoms. The van der Waals surface area contributed by atoms with Crippen molar-refractivity contribution in [1.82, 2.24) is 29.1 Å².